The predicted octanol–water partition coefficient (Wildman–Crippen LogP) is 12.5. The Labute approximate surface area is 292 Å². The minimum absolute atomic E-state index is 0.595. The molecule has 7 aromatic carbocycles. The highest BCUT2D eigenvalue weighted by molar-refractivity contribution is 7.25. The maximum absolute atomic E-state index is 6.58. The summed E-state index contributed by atoms with van der Waals surface area (Å²) in [4.78, 5) is 15.0. The molecule has 50 heavy (non-hydrogen) atoms. The van der Waals surface area contributed by atoms with E-state index >= 15 is 0 Å². The fourth-order valence-electron chi connectivity index (χ4n) is 6.92. The number of rotatable bonds is 5. The molecule has 4 nitrogen and oxygen atoms in total. The van der Waals surface area contributed by atoms with Crippen LogP contribution in [0.25, 0.3) is 98.5 Å². The second-order valence-electron chi connectivity index (χ2n) is 12.4. The summed E-state index contributed by atoms with van der Waals surface area (Å²) in [6, 6.07) is 56.8. The first-order valence-electron chi connectivity index (χ1n) is 16.6. The highest BCUT2D eigenvalue weighted by Gasteiger charge is 2.17. The number of aromatic nitrogens is 3. The molecular weight excluding hydrogens is 631 g/mol. The molecule has 3 heterocycles. The first kappa shape index (κ1) is 28.6. The smallest absolute Gasteiger partial charge is 0.164 e. The monoisotopic (exact) mass is 657 g/mol. The molecule has 0 saturated heterocycles. The van der Waals surface area contributed by atoms with Gasteiger partial charge in [-0.05, 0) is 64.7 Å². The average molecular weight is 658 g/mol. The van der Waals surface area contributed by atoms with Crippen LogP contribution in [-0.2, 0) is 0 Å². The molecule has 0 aliphatic carbocycles. The molecule has 10 rings (SSSR count). The number of hydrogen-bond donors (Lipinski definition) is 0. The molecule has 0 fully saturated rings. The van der Waals surface area contributed by atoms with Crippen molar-refractivity contribution in [3.63, 3.8) is 0 Å². The second-order valence-corrected chi connectivity index (χ2v) is 13.5. The van der Waals surface area contributed by atoms with Gasteiger partial charge in [-0.15, -0.1) is 11.3 Å². The molecule has 0 unspecified atom stereocenters. The van der Waals surface area contributed by atoms with Gasteiger partial charge in [-0.25, -0.2) is 15.0 Å². The van der Waals surface area contributed by atoms with Crippen LogP contribution in [0.15, 0.2) is 168 Å². The van der Waals surface area contributed by atoms with Crippen LogP contribution in [0.1, 0.15) is 0 Å². The summed E-state index contributed by atoms with van der Waals surface area (Å²) in [7, 11) is 0. The Morgan fingerprint density at radius 2 is 0.900 bits per heavy atom. The topological polar surface area (TPSA) is 51.8 Å². The summed E-state index contributed by atoms with van der Waals surface area (Å²) in [5, 5.41) is 4.72. The molecule has 234 valence electrons. The van der Waals surface area contributed by atoms with E-state index in [1.54, 1.807) is 0 Å². The van der Waals surface area contributed by atoms with Crippen LogP contribution in [0.4, 0.5) is 0 Å². The number of thiophene rings is 1. The van der Waals surface area contributed by atoms with Crippen molar-refractivity contribution >= 4 is 53.4 Å². The van der Waals surface area contributed by atoms with Gasteiger partial charge in [0.25, 0.3) is 0 Å². The molecule has 0 aliphatic heterocycles. The Morgan fingerprint density at radius 3 is 1.66 bits per heavy atom. The van der Waals surface area contributed by atoms with E-state index in [4.69, 9.17) is 19.4 Å². The average Bonchev–Trinajstić information content (AvgIpc) is 3.76. The van der Waals surface area contributed by atoms with Gasteiger partial charge < -0.3 is 4.42 Å². The van der Waals surface area contributed by atoms with Gasteiger partial charge in [-0.1, -0.05) is 121 Å². The van der Waals surface area contributed by atoms with E-state index in [1.807, 2.05) is 47.7 Å². The summed E-state index contributed by atoms with van der Waals surface area (Å²) in [6.45, 7) is 0. The van der Waals surface area contributed by atoms with Gasteiger partial charge in [-0.3, -0.25) is 0 Å². The Hall–Kier alpha value is -6.43. The first-order valence-corrected chi connectivity index (χ1v) is 17.4. The lowest BCUT2D eigenvalue weighted by molar-refractivity contribution is 0.669. The highest BCUT2D eigenvalue weighted by atomic mass is 32.1. The maximum Gasteiger partial charge on any atom is 0.164 e. The van der Waals surface area contributed by atoms with Crippen LogP contribution in [-0.4, -0.2) is 15.0 Å². The van der Waals surface area contributed by atoms with E-state index in [2.05, 4.69) is 127 Å². The summed E-state index contributed by atoms with van der Waals surface area (Å²) in [5.74, 6) is 1.84. The van der Waals surface area contributed by atoms with Crippen molar-refractivity contribution in [3.8, 4) is 56.4 Å². The summed E-state index contributed by atoms with van der Waals surface area (Å²) < 4.78 is 9.17. The third-order valence-electron chi connectivity index (χ3n) is 9.34. The molecule has 0 atom stereocenters. The number of benzene rings is 7. The van der Waals surface area contributed by atoms with Crippen molar-refractivity contribution < 1.29 is 4.42 Å². The minimum Gasteiger partial charge on any atom is -0.456 e. The lowest BCUT2D eigenvalue weighted by atomic mass is 9.98. The van der Waals surface area contributed by atoms with E-state index in [-0.39, 0.29) is 0 Å². The van der Waals surface area contributed by atoms with Gasteiger partial charge in [0.05, 0.1) is 0 Å². The van der Waals surface area contributed by atoms with E-state index in [0.717, 1.165) is 55.3 Å². The first-order chi connectivity index (χ1) is 24.7. The Morgan fingerprint density at radius 1 is 0.360 bits per heavy atom. The summed E-state index contributed by atoms with van der Waals surface area (Å²) in [5.41, 5.74) is 8.98. The quantitative estimate of drug-likeness (QED) is 0.185. The second kappa shape index (κ2) is 11.6. The number of furan rings is 1. The molecule has 3 aromatic heterocycles. The van der Waals surface area contributed by atoms with Gasteiger partial charge in [0, 0.05) is 47.6 Å². The van der Waals surface area contributed by atoms with E-state index < -0.39 is 0 Å². The molecule has 0 bridgehead atoms. The zero-order chi connectivity index (χ0) is 33.0. The van der Waals surface area contributed by atoms with Crippen molar-refractivity contribution in [2.45, 2.75) is 0 Å². The zero-order valence-electron chi connectivity index (χ0n) is 26.7. The third-order valence-corrected chi connectivity index (χ3v) is 10.5. The number of fused-ring (bicyclic) bond motifs is 6. The van der Waals surface area contributed by atoms with E-state index in [0.29, 0.717) is 17.5 Å². The fourth-order valence-corrected chi connectivity index (χ4v) is 8.05. The Kier molecular flexibility index (Phi) is 6.64. The van der Waals surface area contributed by atoms with Crippen molar-refractivity contribution in [1.29, 1.82) is 0 Å². The normalized spacial score (nSPS) is 11.6. The van der Waals surface area contributed by atoms with Gasteiger partial charge in [-0.2, -0.15) is 0 Å². The van der Waals surface area contributed by atoms with Crippen LogP contribution < -0.4 is 0 Å². The molecule has 0 saturated carbocycles. The number of nitrogens with zero attached hydrogens (tertiary/aromatic N) is 3. The summed E-state index contributed by atoms with van der Waals surface area (Å²) in [6.07, 6.45) is 0. The Balaban J connectivity index is 1.09. The van der Waals surface area contributed by atoms with Crippen LogP contribution in [0.2, 0.25) is 0 Å². The van der Waals surface area contributed by atoms with Crippen molar-refractivity contribution in [3.05, 3.63) is 164 Å². The van der Waals surface area contributed by atoms with Crippen molar-refractivity contribution in [2.24, 2.45) is 0 Å². The molecule has 0 amide bonds. The van der Waals surface area contributed by atoms with Crippen LogP contribution >= 0.6 is 11.3 Å². The zero-order valence-corrected chi connectivity index (χ0v) is 27.6. The van der Waals surface area contributed by atoms with Crippen molar-refractivity contribution in [1.82, 2.24) is 15.0 Å². The largest absolute Gasteiger partial charge is 0.456 e. The molecule has 0 radical (unpaired) electrons. The van der Waals surface area contributed by atoms with Crippen molar-refractivity contribution in [2.75, 3.05) is 0 Å². The van der Waals surface area contributed by atoms with Crippen LogP contribution in [0, 0.1) is 0 Å². The van der Waals surface area contributed by atoms with Crippen LogP contribution in [0.3, 0.4) is 0 Å². The Bertz CT molecular complexity index is 2870. The molecular formula is C45H27N3OS. The van der Waals surface area contributed by atoms with Gasteiger partial charge in [0.2, 0.25) is 0 Å². The van der Waals surface area contributed by atoms with Gasteiger partial charge in [0.15, 0.2) is 17.5 Å². The molecule has 0 spiro atoms. The van der Waals surface area contributed by atoms with Gasteiger partial charge in [0.1, 0.15) is 11.2 Å². The molecule has 10 aromatic rings. The molecule has 0 N–H and O–H groups in total. The van der Waals surface area contributed by atoms with E-state index in [9.17, 15) is 0 Å². The lowest BCUT2D eigenvalue weighted by Gasteiger charge is -2.09. The fraction of sp³-hybridized carbons (Fsp3) is 0. The maximum atomic E-state index is 6.58. The lowest BCUT2D eigenvalue weighted by Crippen LogP contribution is -2.00. The standard InChI is InChI=1S/C45H27N3OS/c1-3-11-28(12-4-1)30-15-9-16-32(25-30)44-46-43(29-13-5-2-6-14-29)47-45(48-44)33-22-24-36-35-23-21-31(26-38(35)49-39(36)27-33)34-18-10-20-41-42(34)37-17-7-8-19-40(37)50-41/h1-27H. The highest BCUT2D eigenvalue weighted by Crippen LogP contribution is 2.41. The summed E-state index contributed by atoms with van der Waals surface area (Å²) >= 11 is 1.84. The molecule has 5 heteroatoms. The third kappa shape index (κ3) is 4.87. The van der Waals surface area contributed by atoms with E-state index in [1.165, 1.54) is 25.7 Å². The molecule has 0 aliphatic rings. The van der Waals surface area contributed by atoms with Gasteiger partial charge >= 0.3 is 0 Å². The SMILES string of the molecule is c1ccc(-c2cccc(-c3nc(-c4ccccc4)nc(-c4ccc5c(c4)oc4cc(-c6cccc7sc8ccccc8c67)ccc45)n3)c2)cc1. The predicted molar refractivity (Wildman–Crippen MR) is 207 cm³/mol. The number of hydrogen-bond acceptors (Lipinski definition) is 5. The minimum atomic E-state index is 0.595. The van der Waals surface area contributed by atoms with Crippen LogP contribution in [0.5, 0.6) is 0 Å².